The molecule has 3 unspecified atom stereocenters. The summed E-state index contributed by atoms with van der Waals surface area (Å²) in [6.07, 6.45) is 0.748. The first-order chi connectivity index (χ1) is 10.9. The average Bonchev–Trinajstić information content (AvgIpc) is 2.99. The van der Waals surface area contributed by atoms with E-state index in [-0.39, 0.29) is 36.7 Å². The number of rotatable bonds is 5. The monoisotopic (exact) mass is 338 g/mol. The Morgan fingerprint density at radius 2 is 2.17 bits per heavy atom. The molecule has 0 saturated carbocycles. The second-order valence-corrected chi connectivity index (χ2v) is 7.13. The van der Waals surface area contributed by atoms with Crippen LogP contribution < -0.4 is 5.32 Å². The van der Waals surface area contributed by atoms with Gasteiger partial charge < -0.3 is 15.3 Å². The van der Waals surface area contributed by atoms with Crippen LogP contribution in [-0.4, -0.2) is 40.9 Å². The van der Waals surface area contributed by atoms with Crippen molar-refractivity contribution in [2.45, 2.75) is 32.7 Å². The molecule has 2 heterocycles. The van der Waals surface area contributed by atoms with Crippen LogP contribution in [0.3, 0.4) is 0 Å². The number of likely N-dealkylation sites (tertiary alicyclic amines) is 1. The topological polar surface area (TPSA) is 86.7 Å². The third kappa shape index (κ3) is 4.79. The van der Waals surface area contributed by atoms with Crippen LogP contribution in [0, 0.1) is 11.8 Å². The summed E-state index contributed by atoms with van der Waals surface area (Å²) < 4.78 is 0. The van der Waals surface area contributed by atoms with Crippen LogP contribution in [0.1, 0.15) is 37.6 Å². The zero-order valence-corrected chi connectivity index (χ0v) is 14.1. The number of amides is 2. The molecule has 7 heteroatoms. The second kappa shape index (κ2) is 7.59. The van der Waals surface area contributed by atoms with E-state index in [0.717, 1.165) is 4.88 Å². The first-order valence-corrected chi connectivity index (χ1v) is 8.56. The smallest absolute Gasteiger partial charge is 0.308 e. The van der Waals surface area contributed by atoms with E-state index in [9.17, 15) is 19.5 Å². The number of carboxylic acids is 1. The molecule has 0 spiro atoms. The summed E-state index contributed by atoms with van der Waals surface area (Å²) in [6, 6.07) is 3.40. The summed E-state index contributed by atoms with van der Waals surface area (Å²) in [5.41, 5.74) is 0. The summed E-state index contributed by atoms with van der Waals surface area (Å²) in [7, 11) is 0. The largest absolute Gasteiger partial charge is 0.481 e. The second-order valence-electron chi connectivity index (χ2n) is 6.15. The van der Waals surface area contributed by atoms with Crippen LogP contribution in [0.5, 0.6) is 0 Å². The molecule has 2 rings (SSSR count). The van der Waals surface area contributed by atoms with Gasteiger partial charge in [-0.1, -0.05) is 13.0 Å². The molecule has 0 bridgehead atoms. The number of carbonyl (C=O) groups is 3. The molecule has 0 aliphatic carbocycles. The highest BCUT2D eigenvalue weighted by Crippen LogP contribution is 2.26. The Hall–Kier alpha value is -1.89. The van der Waals surface area contributed by atoms with Crippen LogP contribution in [-0.2, 0) is 14.4 Å². The molecule has 0 aromatic carbocycles. The molecule has 1 saturated heterocycles. The number of nitrogens with zero attached hydrogens (tertiary/aromatic N) is 1. The molecule has 1 aromatic heterocycles. The van der Waals surface area contributed by atoms with E-state index < -0.39 is 11.9 Å². The summed E-state index contributed by atoms with van der Waals surface area (Å²) in [5.74, 6) is -1.51. The standard InChI is InChI=1S/C16H22N2O4S/c1-10-6-12(16(21)22)9-18(8-10)15(20)7-13(17-11(2)19)14-4-3-5-23-14/h3-5,10,12-13H,6-9H2,1-2H3,(H,17,19)(H,21,22). The fraction of sp³-hybridized carbons (Fsp3) is 0.562. The first-order valence-electron chi connectivity index (χ1n) is 7.68. The molecule has 1 aliphatic rings. The Balaban J connectivity index is 2.05. The predicted molar refractivity (Wildman–Crippen MR) is 87.0 cm³/mol. The lowest BCUT2D eigenvalue weighted by atomic mass is 9.90. The van der Waals surface area contributed by atoms with Crippen LogP contribution in [0.2, 0.25) is 0 Å². The number of hydrogen-bond donors (Lipinski definition) is 2. The molecule has 2 N–H and O–H groups in total. The fourth-order valence-electron chi connectivity index (χ4n) is 3.00. The third-order valence-corrected chi connectivity index (χ3v) is 4.99. The number of nitrogens with one attached hydrogen (secondary N) is 1. The van der Waals surface area contributed by atoms with Crippen molar-refractivity contribution in [3.63, 3.8) is 0 Å². The fourth-order valence-corrected chi connectivity index (χ4v) is 3.77. The van der Waals surface area contributed by atoms with Crippen molar-refractivity contribution in [2.75, 3.05) is 13.1 Å². The van der Waals surface area contributed by atoms with Gasteiger partial charge in [-0.2, -0.15) is 0 Å². The van der Waals surface area contributed by atoms with Gasteiger partial charge in [0.05, 0.1) is 18.4 Å². The van der Waals surface area contributed by atoms with Gasteiger partial charge in [0.15, 0.2) is 0 Å². The number of thiophene rings is 1. The van der Waals surface area contributed by atoms with E-state index in [1.54, 1.807) is 4.90 Å². The minimum absolute atomic E-state index is 0.116. The van der Waals surface area contributed by atoms with Gasteiger partial charge in [0, 0.05) is 24.9 Å². The lowest BCUT2D eigenvalue weighted by Gasteiger charge is -2.35. The van der Waals surface area contributed by atoms with E-state index in [4.69, 9.17) is 0 Å². The van der Waals surface area contributed by atoms with Crippen LogP contribution in [0.25, 0.3) is 0 Å². The molecular formula is C16H22N2O4S. The quantitative estimate of drug-likeness (QED) is 0.858. The maximum Gasteiger partial charge on any atom is 0.308 e. The molecule has 0 radical (unpaired) electrons. The number of piperidine rings is 1. The van der Waals surface area contributed by atoms with Crippen molar-refractivity contribution in [2.24, 2.45) is 11.8 Å². The molecule has 1 aliphatic heterocycles. The van der Waals surface area contributed by atoms with Crippen molar-refractivity contribution in [3.8, 4) is 0 Å². The minimum Gasteiger partial charge on any atom is -0.481 e. The molecule has 126 valence electrons. The summed E-state index contributed by atoms with van der Waals surface area (Å²) >= 11 is 1.49. The van der Waals surface area contributed by atoms with Gasteiger partial charge in [0.1, 0.15) is 0 Å². The van der Waals surface area contributed by atoms with Crippen molar-refractivity contribution < 1.29 is 19.5 Å². The van der Waals surface area contributed by atoms with Gasteiger partial charge in [-0.3, -0.25) is 14.4 Å². The molecule has 6 nitrogen and oxygen atoms in total. The van der Waals surface area contributed by atoms with Gasteiger partial charge in [0.2, 0.25) is 11.8 Å². The lowest BCUT2D eigenvalue weighted by molar-refractivity contribution is -0.147. The van der Waals surface area contributed by atoms with E-state index >= 15 is 0 Å². The van der Waals surface area contributed by atoms with Gasteiger partial charge in [-0.15, -0.1) is 11.3 Å². The van der Waals surface area contributed by atoms with Gasteiger partial charge in [-0.25, -0.2) is 0 Å². The Labute approximate surface area is 139 Å². The number of hydrogen-bond acceptors (Lipinski definition) is 4. The lowest BCUT2D eigenvalue weighted by Crippen LogP contribution is -2.46. The predicted octanol–water partition coefficient (Wildman–Crippen LogP) is 1.88. The Bertz CT molecular complexity index is 573. The van der Waals surface area contributed by atoms with E-state index in [2.05, 4.69) is 5.32 Å². The van der Waals surface area contributed by atoms with Gasteiger partial charge in [-0.05, 0) is 23.8 Å². The zero-order valence-electron chi connectivity index (χ0n) is 13.3. The summed E-state index contributed by atoms with van der Waals surface area (Å²) in [5, 5.41) is 13.9. The molecule has 1 aromatic rings. The first kappa shape index (κ1) is 17.5. The van der Waals surface area contributed by atoms with E-state index in [0.29, 0.717) is 13.0 Å². The minimum atomic E-state index is -0.856. The maximum atomic E-state index is 12.6. The SMILES string of the molecule is CC(=O)NC(CC(=O)N1CC(C)CC(C(=O)O)C1)c1cccs1. The number of aliphatic carboxylic acids is 1. The highest BCUT2D eigenvalue weighted by Gasteiger charge is 2.32. The van der Waals surface area contributed by atoms with Crippen LogP contribution in [0.15, 0.2) is 17.5 Å². The van der Waals surface area contributed by atoms with Crippen molar-refractivity contribution >= 4 is 29.1 Å². The molecule has 23 heavy (non-hydrogen) atoms. The van der Waals surface area contributed by atoms with Gasteiger partial charge >= 0.3 is 5.97 Å². The molecular weight excluding hydrogens is 316 g/mol. The van der Waals surface area contributed by atoms with Crippen molar-refractivity contribution in [1.82, 2.24) is 10.2 Å². The maximum absolute atomic E-state index is 12.6. The summed E-state index contributed by atoms with van der Waals surface area (Å²) in [4.78, 5) is 37.8. The number of carbonyl (C=O) groups excluding carboxylic acids is 2. The molecule has 3 atom stereocenters. The van der Waals surface area contributed by atoms with Crippen LogP contribution >= 0.6 is 11.3 Å². The third-order valence-electron chi connectivity index (χ3n) is 4.00. The van der Waals surface area contributed by atoms with Crippen molar-refractivity contribution in [3.05, 3.63) is 22.4 Å². The van der Waals surface area contributed by atoms with E-state index in [1.807, 2.05) is 24.4 Å². The summed E-state index contributed by atoms with van der Waals surface area (Å²) in [6.45, 7) is 4.20. The Morgan fingerprint density at radius 3 is 2.74 bits per heavy atom. The average molecular weight is 338 g/mol. The highest BCUT2D eigenvalue weighted by molar-refractivity contribution is 7.10. The highest BCUT2D eigenvalue weighted by atomic mass is 32.1. The normalized spacial score (nSPS) is 22.4. The Kier molecular flexibility index (Phi) is 5.76. The van der Waals surface area contributed by atoms with Crippen molar-refractivity contribution in [1.29, 1.82) is 0 Å². The number of carboxylic acid groups (broad SMARTS) is 1. The Morgan fingerprint density at radius 1 is 1.43 bits per heavy atom. The zero-order chi connectivity index (χ0) is 17.0. The van der Waals surface area contributed by atoms with E-state index in [1.165, 1.54) is 18.3 Å². The van der Waals surface area contributed by atoms with Gasteiger partial charge in [0.25, 0.3) is 0 Å². The molecule has 1 fully saturated rings. The van der Waals surface area contributed by atoms with Crippen LogP contribution in [0.4, 0.5) is 0 Å². The molecule has 2 amide bonds.